The van der Waals surface area contributed by atoms with Crippen LogP contribution in [0.15, 0.2) is 41.6 Å². The van der Waals surface area contributed by atoms with Crippen molar-refractivity contribution in [3.8, 4) is 5.75 Å². The first-order chi connectivity index (χ1) is 14.8. The van der Waals surface area contributed by atoms with Crippen molar-refractivity contribution in [1.29, 1.82) is 0 Å². The first-order valence-electron chi connectivity index (χ1n) is 9.59. The second-order valence-corrected chi connectivity index (χ2v) is 8.16. The van der Waals surface area contributed by atoms with Crippen molar-refractivity contribution in [1.82, 2.24) is 10.2 Å². The molecule has 1 aromatic carbocycles. The van der Waals surface area contributed by atoms with Gasteiger partial charge in [0.1, 0.15) is 28.9 Å². The number of ether oxygens (including phenoxy) is 2. The van der Waals surface area contributed by atoms with Crippen molar-refractivity contribution in [3.05, 3.63) is 52.7 Å². The van der Waals surface area contributed by atoms with Gasteiger partial charge in [0.05, 0.1) is 13.7 Å². The molecule has 2 heterocycles. The zero-order chi connectivity index (χ0) is 22.7. The van der Waals surface area contributed by atoms with Gasteiger partial charge in [-0.25, -0.2) is 4.79 Å². The molecule has 3 atom stereocenters. The molecule has 4 N–H and O–H groups in total. The maximum atomic E-state index is 12.7. The molecule has 31 heavy (non-hydrogen) atoms. The van der Waals surface area contributed by atoms with E-state index in [1.165, 1.54) is 23.8 Å². The number of nitrogens with one attached hydrogen (secondary N) is 1. The Kier molecular flexibility index (Phi) is 7.04. The number of carbonyl (C=O) groups excluding carboxylic acids is 2. The molecular weight excluding hydrogens is 422 g/mol. The van der Waals surface area contributed by atoms with Crippen LogP contribution < -0.4 is 15.8 Å². The number of amides is 2. The van der Waals surface area contributed by atoms with Crippen LogP contribution >= 0.6 is 11.8 Å². The van der Waals surface area contributed by atoms with E-state index in [1.54, 1.807) is 44.4 Å². The highest BCUT2D eigenvalue weighted by Crippen LogP contribution is 2.40. The third-order valence-electron chi connectivity index (χ3n) is 5.12. The summed E-state index contributed by atoms with van der Waals surface area (Å²) in [6.45, 7) is 2.13. The van der Waals surface area contributed by atoms with Crippen LogP contribution in [-0.4, -0.2) is 59.2 Å². The topological polar surface area (TPSA) is 131 Å². The molecule has 1 fully saturated rings. The van der Waals surface area contributed by atoms with Crippen LogP contribution in [0, 0.1) is 0 Å². The Labute approximate surface area is 184 Å². The molecule has 10 heteroatoms. The Morgan fingerprint density at radius 2 is 2.16 bits per heavy atom. The normalized spacial score (nSPS) is 21.5. The number of benzene rings is 1. The summed E-state index contributed by atoms with van der Waals surface area (Å²) in [4.78, 5) is 38.3. The first kappa shape index (κ1) is 22.9. The smallest absolute Gasteiger partial charge is 0.352 e. The number of hydrogen-bond acceptors (Lipinski definition) is 7. The largest absolute Gasteiger partial charge is 0.496 e. The summed E-state index contributed by atoms with van der Waals surface area (Å²) in [7, 11) is 3.09. The van der Waals surface area contributed by atoms with Gasteiger partial charge in [-0.05, 0) is 24.1 Å². The molecule has 0 bridgehead atoms. The van der Waals surface area contributed by atoms with Crippen LogP contribution in [0.1, 0.15) is 24.1 Å². The van der Waals surface area contributed by atoms with E-state index in [9.17, 15) is 19.5 Å². The lowest BCUT2D eigenvalue weighted by Crippen LogP contribution is -2.71. The number of fused-ring (bicyclic) bond motifs is 1. The summed E-state index contributed by atoms with van der Waals surface area (Å²) in [5.41, 5.74) is 7.98. The van der Waals surface area contributed by atoms with Gasteiger partial charge in [0.15, 0.2) is 0 Å². The highest BCUT2D eigenvalue weighted by molar-refractivity contribution is 8.00. The number of carbonyl (C=O) groups is 3. The van der Waals surface area contributed by atoms with E-state index in [1.807, 2.05) is 0 Å². The molecule has 0 aromatic heterocycles. The summed E-state index contributed by atoms with van der Waals surface area (Å²) in [5.74, 6) is -1.19. The van der Waals surface area contributed by atoms with E-state index in [-0.39, 0.29) is 5.70 Å². The minimum atomic E-state index is -1.17. The van der Waals surface area contributed by atoms with Crippen molar-refractivity contribution in [3.63, 3.8) is 0 Å². The van der Waals surface area contributed by atoms with Crippen molar-refractivity contribution in [2.45, 2.75) is 31.0 Å². The SMILES string of the molecule is C/C=C\C1=C(C(=O)O)N2C(=O)C(NC(=O)[C@H](N)c3ccc(COC)c(OC)c3)[C@H]2SC1. The Balaban J connectivity index is 1.74. The number of allylic oxidation sites excluding steroid dienone is 2. The Morgan fingerprint density at radius 1 is 1.42 bits per heavy atom. The summed E-state index contributed by atoms with van der Waals surface area (Å²) in [6, 6.07) is 3.29. The van der Waals surface area contributed by atoms with Gasteiger partial charge in [0.25, 0.3) is 5.91 Å². The maximum absolute atomic E-state index is 12.7. The molecule has 1 aromatic rings. The summed E-state index contributed by atoms with van der Waals surface area (Å²) in [5, 5.41) is 11.8. The van der Waals surface area contributed by atoms with E-state index in [0.717, 1.165) is 5.56 Å². The van der Waals surface area contributed by atoms with Gasteiger partial charge in [0, 0.05) is 18.4 Å². The Hall–Kier alpha value is -2.82. The number of carboxylic acid groups (broad SMARTS) is 1. The predicted molar refractivity (Wildman–Crippen MR) is 115 cm³/mol. The molecule has 2 aliphatic rings. The first-order valence-corrected chi connectivity index (χ1v) is 10.6. The van der Waals surface area contributed by atoms with Crippen molar-refractivity contribution >= 4 is 29.5 Å². The van der Waals surface area contributed by atoms with Crippen LogP contribution in [-0.2, 0) is 25.7 Å². The molecule has 1 saturated heterocycles. The molecule has 1 unspecified atom stereocenters. The summed E-state index contributed by atoms with van der Waals surface area (Å²) in [6.07, 6.45) is 3.41. The van der Waals surface area contributed by atoms with E-state index in [0.29, 0.717) is 29.2 Å². The molecule has 2 aliphatic heterocycles. The summed E-state index contributed by atoms with van der Waals surface area (Å²) < 4.78 is 10.5. The average molecular weight is 448 g/mol. The monoisotopic (exact) mass is 447 g/mol. The van der Waals surface area contributed by atoms with Crippen LogP contribution in [0.5, 0.6) is 5.75 Å². The van der Waals surface area contributed by atoms with Crippen LogP contribution in [0.4, 0.5) is 0 Å². The van der Waals surface area contributed by atoms with Gasteiger partial charge in [-0.1, -0.05) is 24.3 Å². The second-order valence-electron chi connectivity index (χ2n) is 7.06. The fraction of sp³-hybridized carbons (Fsp3) is 0.381. The van der Waals surface area contributed by atoms with Gasteiger partial charge in [-0.3, -0.25) is 14.5 Å². The van der Waals surface area contributed by atoms with Crippen molar-refractivity contribution in [2.24, 2.45) is 5.73 Å². The Morgan fingerprint density at radius 3 is 2.77 bits per heavy atom. The highest BCUT2D eigenvalue weighted by Gasteiger charge is 2.54. The molecule has 2 amide bonds. The number of methoxy groups -OCH3 is 2. The van der Waals surface area contributed by atoms with Gasteiger partial charge < -0.3 is 25.6 Å². The quantitative estimate of drug-likeness (QED) is 0.506. The van der Waals surface area contributed by atoms with E-state index in [4.69, 9.17) is 15.2 Å². The number of carboxylic acids is 1. The molecule has 9 nitrogen and oxygen atoms in total. The number of β-lactam (4-membered cyclic amide) rings is 1. The number of hydrogen-bond donors (Lipinski definition) is 3. The van der Waals surface area contributed by atoms with Gasteiger partial charge in [0.2, 0.25) is 5.91 Å². The lowest BCUT2D eigenvalue weighted by atomic mass is 10.00. The number of rotatable bonds is 8. The zero-order valence-corrected chi connectivity index (χ0v) is 18.3. The van der Waals surface area contributed by atoms with Crippen LogP contribution in [0.25, 0.3) is 0 Å². The third-order valence-corrected chi connectivity index (χ3v) is 6.42. The lowest BCUT2D eigenvalue weighted by molar-refractivity contribution is -0.150. The number of nitrogens with zero attached hydrogens (tertiary/aromatic N) is 1. The minimum absolute atomic E-state index is 0.0416. The Bertz CT molecular complexity index is 960. The van der Waals surface area contributed by atoms with Crippen molar-refractivity contribution < 1.29 is 29.0 Å². The summed E-state index contributed by atoms with van der Waals surface area (Å²) >= 11 is 1.40. The molecule has 0 saturated carbocycles. The molecule has 0 spiro atoms. The van der Waals surface area contributed by atoms with Crippen LogP contribution in [0.2, 0.25) is 0 Å². The standard InChI is InChI=1S/C21H25N3O6S/c1-4-5-13-10-31-20-16(19(26)24(20)17(13)21(27)28)23-18(25)15(22)11-6-7-12(9-29-2)14(8-11)30-3/h4-8,15-16,20H,9-10,22H2,1-3H3,(H,23,25)(H,27,28)/b5-4-/t15-,16?,20-/m1/s1. The van der Waals surface area contributed by atoms with E-state index < -0.39 is 35.2 Å². The number of aliphatic carboxylic acids is 1. The zero-order valence-electron chi connectivity index (χ0n) is 17.5. The average Bonchev–Trinajstić information content (AvgIpc) is 2.76. The number of thioether (sulfide) groups is 1. The van der Waals surface area contributed by atoms with E-state index in [2.05, 4.69) is 5.32 Å². The molecule has 166 valence electrons. The van der Waals surface area contributed by atoms with Crippen LogP contribution in [0.3, 0.4) is 0 Å². The van der Waals surface area contributed by atoms with Crippen molar-refractivity contribution in [2.75, 3.05) is 20.0 Å². The maximum Gasteiger partial charge on any atom is 0.352 e. The lowest BCUT2D eigenvalue weighted by Gasteiger charge is -2.49. The fourth-order valence-electron chi connectivity index (χ4n) is 3.60. The number of nitrogens with two attached hydrogens (primary N) is 1. The molecule has 0 radical (unpaired) electrons. The van der Waals surface area contributed by atoms with Gasteiger partial charge >= 0.3 is 5.97 Å². The van der Waals surface area contributed by atoms with E-state index >= 15 is 0 Å². The third kappa shape index (κ3) is 4.32. The fourth-order valence-corrected chi connectivity index (χ4v) is 4.91. The minimum Gasteiger partial charge on any atom is -0.496 e. The molecular formula is C21H25N3O6S. The molecule has 0 aliphatic carbocycles. The second kappa shape index (κ2) is 9.54. The van der Waals surface area contributed by atoms with Gasteiger partial charge in [-0.15, -0.1) is 11.8 Å². The highest BCUT2D eigenvalue weighted by atomic mass is 32.2. The van der Waals surface area contributed by atoms with Gasteiger partial charge in [-0.2, -0.15) is 0 Å². The predicted octanol–water partition coefficient (Wildman–Crippen LogP) is 1.16. The molecule has 3 rings (SSSR count).